The Morgan fingerprint density at radius 1 is 1.33 bits per heavy atom. The number of fused-ring (bicyclic) bond motifs is 1. The second-order valence-corrected chi connectivity index (χ2v) is 8.23. The number of amidine groups is 1. The van der Waals surface area contributed by atoms with Crippen LogP contribution in [0.3, 0.4) is 0 Å². The van der Waals surface area contributed by atoms with Crippen LogP contribution in [0.2, 0.25) is 0 Å². The van der Waals surface area contributed by atoms with Crippen LogP contribution in [0.25, 0.3) is 0 Å². The summed E-state index contributed by atoms with van der Waals surface area (Å²) in [7, 11) is 0. The zero-order valence-corrected chi connectivity index (χ0v) is 18.4. The number of carbonyl (C=O) groups excluding carboxylic acids is 2. The SMILES string of the molecule is C=CCOC(=O)C1=C(C)N=C2SCCC(=O)N2C1c1ccc(OCCCCC)cc1. The van der Waals surface area contributed by atoms with Gasteiger partial charge >= 0.3 is 5.97 Å². The molecule has 0 aromatic heterocycles. The Balaban J connectivity index is 1.91. The number of benzene rings is 1. The first-order chi connectivity index (χ1) is 14.6. The highest BCUT2D eigenvalue weighted by atomic mass is 32.2. The van der Waals surface area contributed by atoms with E-state index in [-0.39, 0.29) is 12.5 Å². The van der Waals surface area contributed by atoms with E-state index < -0.39 is 12.0 Å². The molecule has 1 saturated heterocycles. The summed E-state index contributed by atoms with van der Waals surface area (Å²) >= 11 is 1.53. The van der Waals surface area contributed by atoms with Crippen molar-refractivity contribution in [2.24, 2.45) is 4.99 Å². The number of amides is 1. The van der Waals surface area contributed by atoms with Crippen LogP contribution in [-0.2, 0) is 14.3 Å². The molecule has 0 N–H and O–H groups in total. The zero-order chi connectivity index (χ0) is 21.5. The summed E-state index contributed by atoms with van der Waals surface area (Å²) in [5.41, 5.74) is 1.78. The molecule has 0 aliphatic carbocycles. The summed E-state index contributed by atoms with van der Waals surface area (Å²) in [6, 6.07) is 7.02. The molecule has 1 atom stereocenters. The molecule has 0 bridgehead atoms. The predicted molar refractivity (Wildman–Crippen MR) is 119 cm³/mol. The molecule has 2 aliphatic rings. The number of aliphatic imine (C=N–C) groups is 1. The summed E-state index contributed by atoms with van der Waals surface area (Å²) in [6.07, 6.45) is 5.23. The molecule has 30 heavy (non-hydrogen) atoms. The monoisotopic (exact) mass is 428 g/mol. The summed E-state index contributed by atoms with van der Waals surface area (Å²) in [5, 5.41) is 0.633. The number of esters is 1. The standard InChI is InChI=1S/C23H28N2O4S/c1-4-6-7-14-28-18-10-8-17(9-11-18)21-20(22(27)29-13-5-2)16(3)24-23-25(21)19(26)12-15-30-23/h5,8-11,21H,2,4,6-7,12-15H2,1,3H3. The number of carbonyl (C=O) groups is 2. The van der Waals surface area contributed by atoms with Crippen LogP contribution < -0.4 is 4.74 Å². The quantitative estimate of drug-likeness (QED) is 0.326. The molecule has 3 rings (SSSR count). The molecule has 1 aromatic carbocycles. The maximum atomic E-state index is 12.8. The Hall–Kier alpha value is -2.54. The van der Waals surface area contributed by atoms with Gasteiger partial charge in [-0.1, -0.05) is 56.3 Å². The molecule has 2 heterocycles. The molecule has 2 aliphatic heterocycles. The van der Waals surface area contributed by atoms with Crippen LogP contribution in [0.15, 0.2) is 53.2 Å². The third-order valence-electron chi connectivity index (χ3n) is 4.97. The third kappa shape index (κ3) is 4.95. The fourth-order valence-electron chi connectivity index (χ4n) is 3.47. The first kappa shape index (κ1) is 22.2. The maximum absolute atomic E-state index is 12.8. The van der Waals surface area contributed by atoms with E-state index in [0.717, 1.165) is 30.6 Å². The number of hydrogen-bond donors (Lipinski definition) is 0. The molecule has 0 radical (unpaired) electrons. The van der Waals surface area contributed by atoms with Crippen LogP contribution in [0.1, 0.15) is 51.1 Å². The van der Waals surface area contributed by atoms with Gasteiger partial charge in [-0.15, -0.1) is 0 Å². The molecule has 7 heteroatoms. The second kappa shape index (κ2) is 10.5. The lowest BCUT2D eigenvalue weighted by molar-refractivity contribution is -0.139. The summed E-state index contributed by atoms with van der Waals surface area (Å²) in [4.78, 5) is 31.8. The number of ether oxygens (including phenoxy) is 2. The first-order valence-corrected chi connectivity index (χ1v) is 11.3. The molecule has 1 aromatic rings. The van der Waals surface area contributed by atoms with Crippen molar-refractivity contribution in [1.82, 2.24) is 4.90 Å². The molecular weight excluding hydrogens is 400 g/mol. The van der Waals surface area contributed by atoms with Crippen molar-refractivity contribution in [3.8, 4) is 5.75 Å². The Bertz CT molecular complexity index is 860. The van der Waals surface area contributed by atoms with Crippen molar-refractivity contribution in [3.05, 3.63) is 53.8 Å². The van der Waals surface area contributed by atoms with E-state index in [2.05, 4.69) is 18.5 Å². The van der Waals surface area contributed by atoms with E-state index in [1.807, 2.05) is 24.3 Å². The van der Waals surface area contributed by atoms with Crippen LogP contribution >= 0.6 is 11.8 Å². The normalized spacial score (nSPS) is 18.6. The molecule has 1 amide bonds. The number of thioether (sulfide) groups is 1. The van der Waals surface area contributed by atoms with E-state index in [0.29, 0.717) is 35.2 Å². The second-order valence-electron chi connectivity index (χ2n) is 7.17. The Kier molecular flexibility index (Phi) is 7.74. The number of allylic oxidation sites excluding steroid dienone is 1. The number of nitrogens with zero attached hydrogens (tertiary/aromatic N) is 2. The fourth-order valence-corrected chi connectivity index (χ4v) is 4.48. The van der Waals surface area contributed by atoms with Gasteiger partial charge in [0.25, 0.3) is 0 Å². The molecule has 0 saturated carbocycles. The third-order valence-corrected chi connectivity index (χ3v) is 5.93. The first-order valence-electron chi connectivity index (χ1n) is 10.3. The lowest BCUT2D eigenvalue weighted by Gasteiger charge is -2.38. The fraction of sp³-hybridized carbons (Fsp3) is 0.435. The maximum Gasteiger partial charge on any atom is 0.338 e. The number of unbranched alkanes of at least 4 members (excludes halogenated alkanes) is 2. The van der Waals surface area contributed by atoms with Gasteiger partial charge in [0.1, 0.15) is 12.4 Å². The van der Waals surface area contributed by atoms with Gasteiger partial charge in [0.05, 0.1) is 23.9 Å². The molecule has 1 fully saturated rings. The highest BCUT2D eigenvalue weighted by Gasteiger charge is 2.41. The van der Waals surface area contributed by atoms with Crippen LogP contribution in [0.4, 0.5) is 0 Å². The van der Waals surface area contributed by atoms with Gasteiger partial charge in [-0.05, 0) is 31.0 Å². The van der Waals surface area contributed by atoms with Gasteiger partial charge in [-0.25, -0.2) is 9.79 Å². The van der Waals surface area contributed by atoms with E-state index in [4.69, 9.17) is 9.47 Å². The highest BCUT2D eigenvalue weighted by molar-refractivity contribution is 8.14. The van der Waals surface area contributed by atoms with Crippen molar-refractivity contribution in [2.75, 3.05) is 19.0 Å². The van der Waals surface area contributed by atoms with Gasteiger partial charge in [0.15, 0.2) is 5.17 Å². The lowest BCUT2D eigenvalue weighted by atomic mass is 9.94. The molecule has 160 valence electrons. The average Bonchev–Trinajstić information content (AvgIpc) is 2.75. The lowest BCUT2D eigenvalue weighted by Crippen LogP contribution is -2.45. The largest absolute Gasteiger partial charge is 0.494 e. The van der Waals surface area contributed by atoms with Crippen molar-refractivity contribution in [3.63, 3.8) is 0 Å². The van der Waals surface area contributed by atoms with Gasteiger partial charge in [-0.2, -0.15) is 0 Å². The minimum atomic E-state index is -0.566. The molecule has 6 nitrogen and oxygen atoms in total. The topological polar surface area (TPSA) is 68.2 Å². The van der Waals surface area contributed by atoms with Crippen molar-refractivity contribution in [2.45, 2.75) is 45.6 Å². The summed E-state index contributed by atoms with van der Waals surface area (Å²) in [5.74, 6) is 0.937. The minimum Gasteiger partial charge on any atom is -0.494 e. The molecule has 1 unspecified atom stereocenters. The zero-order valence-electron chi connectivity index (χ0n) is 17.6. The van der Waals surface area contributed by atoms with Crippen molar-refractivity contribution in [1.29, 1.82) is 0 Å². The molecule has 0 spiro atoms. The van der Waals surface area contributed by atoms with Crippen molar-refractivity contribution < 1.29 is 19.1 Å². The van der Waals surface area contributed by atoms with Crippen molar-refractivity contribution >= 4 is 28.8 Å². The average molecular weight is 429 g/mol. The summed E-state index contributed by atoms with van der Waals surface area (Å²) < 4.78 is 11.1. The smallest absolute Gasteiger partial charge is 0.338 e. The predicted octanol–water partition coefficient (Wildman–Crippen LogP) is 4.64. The minimum absolute atomic E-state index is 0.0427. The Labute approximate surface area is 182 Å². The van der Waals surface area contributed by atoms with Crippen LogP contribution in [-0.4, -0.2) is 40.9 Å². The summed E-state index contributed by atoms with van der Waals surface area (Å²) in [6.45, 7) is 8.31. The highest BCUT2D eigenvalue weighted by Crippen LogP contribution is 2.40. The Morgan fingerprint density at radius 2 is 2.10 bits per heavy atom. The van der Waals surface area contributed by atoms with E-state index in [9.17, 15) is 9.59 Å². The van der Waals surface area contributed by atoms with Gasteiger partial charge in [0.2, 0.25) is 5.91 Å². The number of rotatable bonds is 9. The number of hydrogen-bond acceptors (Lipinski definition) is 6. The van der Waals surface area contributed by atoms with E-state index in [1.54, 1.807) is 11.8 Å². The molecular formula is C23H28N2O4S. The van der Waals surface area contributed by atoms with Gasteiger partial charge in [0, 0.05) is 12.2 Å². The Morgan fingerprint density at radius 3 is 2.80 bits per heavy atom. The van der Waals surface area contributed by atoms with Gasteiger partial charge in [-0.3, -0.25) is 9.69 Å². The van der Waals surface area contributed by atoms with E-state index in [1.165, 1.54) is 17.8 Å². The van der Waals surface area contributed by atoms with Crippen LogP contribution in [0, 0.1) is 0 Å². The van der Waals surface area contributed by atoms with E-state index >= 15 is 0 Å². The van der Waals surface area contributed by atoms with Gasteiger partial charge < -0.3 is 9.47 Å². The van der Waals surface area contributed by atoms with Crippen LogP contribution in [0.5, 0.6) is 5.75 Å².